The summed E-state index contributed by atoms with van der Waals surface area (Å²) >= 11 is 0. The van der Waals surface area contributed by atoms with Crippen LogP contribution < -0.4 is 0 Å². The number of aromatic nitrogens is 1. The van der Waals surface area contributed by atoms with Crippen LogP contribution in [-0.2, 0) is 15.8 Å². The maximum Gasteiger partial charge on any atom is 0.218 e. The van der Waals surface area contributed by atoms with E-state index in [-0.39, 0.29) is 17.6 Å². The van der Waals surface area contributed by atoms with E-state index in [4.69, 9.17) is 0 Å². The molecule has 7 heteroatoms. The van der Waals surface area contributed by atoms with Crippen LogP contribution in [0.2, 0.25) is 0 Å². The molecule has 1 N–H and O–H groups in total. The maximum absolute atomic E-state index is 13.3. The number of Topliss-reactive ketones (excluding diaryl/α,β-unsaturated/α-hetero) is 1. The summed E-state index contributed by atoms with van der Waals surface area (Å²) in [6, 6.07) is 16.8. The van der Waals surface area contributed by atoms with Gasteiger partial charge in [-0.05, 0) is 25.5 Å². The number of ketones is 1. The zero-order valence-electron chi connectivity index (χ0n) is 17.3. The van der Waals surface area contributed by atoms with E-state index in [1.807, 2.05) is 68.4 Å². The van der Waals surface area contributed by atoms with E-state index in [0.717, 1.165) is 27.7 Å². The van der Waals surface area contributed by atoms with Gasteiger partial charge >= 0.3 is 0 Å². The summed E-state index contributed by atoms with van der Waals surface area (Å²) in [7, 11) is -3.37. The Bertz CT molecular complexity index is 1150. The Morgan fingerprint density at radius 3 is 2.33 bits per heavy atom. The zero-order chi connectivity index (χ0) is 21.3. The molecular weight excluding hydrogens is 398 g/mol. The number of nitrogens with one attached hydrogen (secondary N) is 1. The molecule has 0 bridgehead atoms. The molecule has 2 heterocycles. The smallest absolute Gasteiger partial charge is 0.218 e. The van der Waals surface area contributed by atoms with Crippen LogP contribution in [0.3, 0.4) is 0 Å². The molecule has 1 atom stereocenters. The fourth-order valence-electron chi connectivity index (χ4n) is 4.21. The molecule has 1 saturated heterocycles. The number of nitrogens with zero attached hydrogens (tertiary/aromatic N) is 2. The molecule has 0 aliphatic carbocycles. The number of benzene rings is 2. The highest BCUT2D eigenvalue weighted by atomic mass is 32.2. The molecule has 0 saturated carbocycles. The van der Waals surface area contributed by atoms with Crippen molar-refractivity contribution in [2.75, 3.05) is 26.2 Å². The van der Waals surface area contributed by atoms with E-state index in [9.17, 15) is 13.2 Å². The molecule has 3 aromatic rings. The number of carbonyl (C=O) groups excluding carboxylic acids is 1. The van der Waals surface area contributed by atoms with Crippen molar-refractivity contribution in [1.29, 1.82) is 0 Å². The van der Waals surface area contributed by atoms with Crippen LogP contribution in [-0.4, -0.2) is 60.6 Å². The normalized spacial score (nSPS) is 17.3. The molecule has 0 spiro atoms. The highest BCUT2D eigenvalue weighted by Crippen LogP contribution is 2.25. The monoisotopic (exact) mass is 425 g/mol. The van der Waals surface area contributed by atoms with Crippen molar-refractivity contribution in [3.05, 3.63) is 71.4 Å². The van der Waals surface area contributed by atoms with Gasteiger partial charge in [-0.15, -0.1) is 0 Å². The summed E-state index contributed by atoms with van der Waals surface area (Å²) in [5.41, 5.74) is 3.36. The van der Waals surface area contributed by atoms with Gasteiger partial charge in [0.05, 0.1) is 11.8 Å². The summed E-state index contributed by atoms with van der Waals surface area (Å²) in [5.74, 6) is 0.0853. The van der Waals surface area contributed by atoms with E-state index in [2.05, 4.69) is 9.88 Å². The first kappa shape index (κ1) is 20.8. The van der Waals surface area contributed by atoms with Crippen LogP contribution in [0.4, 0.5) is 0 Å². The van der Waals surface area contributed by atoms with E-state index in [1.54, 1.807) is 4.31 Å². The lowest BCUT2D eigenvalue weighted by atomic mass is 10.0. The van der Waals surface area contributed by atoms with Gasteiger partial charge in [0.2, 0.25) is 10.0 Å². The van der Waals surface area contributed by atoms with Crippen molar-refractivity contribution in [2.24, 2.45) is 0 Å². The number of sulfonamides is 1. The van der Waals surface area contributed by atoms with Crippen molar-refractivity contribution < 1.29 is 13.2 Å². The number of rotatable bonds is 6. The minimum absolute atomic E-state index is 0.0108. The third-order valence-electron chi connectivity index (χ3n) is 5.93. The average Bonchev–Trinajstić information content (AvgIpc) is 3.09. The molecule has 6 nitrogen and oxygen atoms in total. The number of aryl methyl sites for hydroxylation is 1. The van der Waals surface area contributed by atoms with Crippen LogP contribution >= 0.6 is 0 Å². The van der Waals surface area contributed by atoms with Gasteiger partial charge in [0, 0.05) is 48.3 Å². The summed E-state index contributed by atoms with van der Waals surface area (Å²) in [5, 5.41) is 0.941. The fourth-order valence-corrected chi connectivity index (χ4v) is 5.73. The predicted molar refractivity (Wildman–Crippen MR) is 119 cm³/mol. The van der Waals surface area contributed by atoms with Gasteiger partial charge < -0.3 is 4.98 Å². The largest absolute Gasteiger partial charge is 0.358 e. The first-order valence-electron chi connectivity index (χ1n) is 10.2. The fraction of sp³-hybridized carbons (Fsp3) is 0.348. The number of hydrogen-bond acceptors (Lipinski definition) is 4. The predicted octanol–water partition coefficient (Wildman–Crippen LogP) is 3.20. The molecule has 1 aliphatic rings. The Kier molecular flexibility index (Phi) is 5.77. The van der Waals surface area contributed by atoms with Gasteiger partial charge in [0.15, 0.2) is 5.78 Å². The zero-order valence-corrected chi connectivity index (χ0v) is 18.2. The number of fused-ring (bicyclic) bond motifs is 1. The minimum atomic E-state index is -3.37. The van der Waals surface area contributed by atoms with Gasteiger partial charge in [0.25, 0.3) is 0 Å². The van der Waals surface area contributed by atoms with Gasteiger partial charge in [-0.25, -0.2) is 8.42 Å². The van der Waals surface area contributed by atoms with Crippen LogP contribution in [0.15, 0.2) is 54.6 Å². The molecule has 1 unspecified atom stereocenters. The quantitative estimate of drug-likeness (QED) is 0.616. The lowest BCUT2D eigenvalue weighted by Gasteiger charge is -2.36. The first-order valence-corrected chi connectivity index (χ1v) is 11.8. The summed E-state index contributed by atoms with van der Waals surface area (Å²) < 4.78 is 27.1. The Labute approximate surface area is 177 Å². The lowest BCUT2D eigenvalue weighted by Crippen LogP contribution is -2.53. The number of piperazine rings is 1. The third kappa shape index (κ3) is 4.05. The third-order valence-corrected chi connectivity index (χ3v) is 7.78. The van der Waals surface area contributed by atoms with Crippen molar-refractivity contribution >= 4 is 26.7 Å². The standard InChI is InChI=1S/C23H27N3O3S/c1-17-22(20-10-6-7-11-21(20)24-17)23(27)18(2)25-12-14-26(15-13-25)30(28,29)16-19-8-4-3-5-9-19/h3-11,18,24H,12-16H2,1-2H3. The molecule has 158 valence electrons. The average molecular weight is 426 g/mol. The second-order valence-corrected chi connectivity index (χ2v) is 9.86. The summed E-state index contributed by atoms with van der Waals surface area (Å²) in [6.07, 6.45) is 0. The number of aromatic amines is 1. The number of hydrogen-bond donors (Lipinski definition) is 1. The SMILES string of the molecule is Cc1[nH]c2ccccc2c1C(=O)C(C)N1CCN(S(=O)(=O)Cc2ccccc2)CC1. The molecule has 0 amide bonds. The molecule has 1 fully saturated rings. The second kappa shape index (κ2) is 8.34. The second-order valence-electron chi connectivity index (χ2n) is 7.89. The van der Waals surface area contributed by atoms with Crippen molar-refractivity contribution in [1.82, 2.24) is 14.2 Å². The van der Waals surface area contributed by atoms with Crippen molar-refractivity contribution in [3.8, 4) is 0 Å². The van der Waals surface area contributed by atoms with Gasteiger partial charge in [-0.1, -0.05) is 48.5 Å². The van der Waals surface area contributed by atoms with E-state index < -0.39 is 10.0 Å². The molecule has 30 heavy (non-hydrogen) atoms. The van der Waals surface area contributed by atoms with Crippen molar-refractivity contribution in [2.45, 2.75) is 25.6 Å². The minimum Gasteiger partial charge on any atom is -0.358 e. The van der Waals surface area contributed by atoms with E-state index >= 15 is 0 Å². The molecule has 0 radical (unpaired) electrons. The Hall–Kier alpha value is -2.48. The molecule has 4 rings (SSSR count). The summed E-state index contributed by atoms with van der Waals surface area (Å²) in [6.45, 7) is 5.73. The van der Waals surface area contributed by atoms with E-state index in [0.29, 0.717) is 26.2 Å². The van der Waals surface area contributed by atoms with Crippen LogP contribution in [0.25, 0.3) is 10.9 Å². The highest BCUT2D eigenvalue weighted by Gasteiger charge is 2.32. The Morgan fingerprint density at radius 1 is 1.00 bits per heavy atom. The van der Waals surface area contributed by atoms with E-state index in [1.165, 1.54) is 0 Å². The maximum atomic E-state index is 13.3. The van der Waals surface area contributed by atoms with Crippen molar-refractivity contribution in [3.63, 3.8) is 0 Å². The van der Waals surface area contributed by atoms with Gasteiger partial charge in [-0.2, -0.15) is 4.31 Å². The Morgan fingerprint density at radius 2 is 1.63 bits per heavy atom. The number of carbonyl (C=O) groups is 1. The Balaban J connectivity index is 1.43. The van der Waals surface area contributed by atoms with Crippen LogP contribution in [0.1, 0.15) is 28.5 Å². The van der Waals surface area contributed by atoms with Gasteiger partial charge in [-0.3, -0.25) is 9.69 Å². The molecule has 2 aromatic carbocycles. The van der Waals surface area contributed by atoms with Crippen LogP contribution in [0, 0.1) is 6.92 Å². The topological polar surface area (TPSA) is 73.5 Å². The highest BCUT2D eigenvalue weighted by molar-refractivity contribution is 7.88. The summed E-state index contributed by atoms with van der Waals surface area (Å²) in [4.78, 5) is 18.6. The first-order chi connectivity index (χ1) is 14.4. The van der Waals surface area contributed by atoms with Gasteiger partial charge in [0.1, 0.15) is 0 Å². The molecule has 1 aromatic heterocycles. The lowest BCUT2D eigenvalue weighted by molar-refractivity contribution is 0.0783. The molecular formula is C23H27N3O3S. The number of para-hydroxylation sites is 1. The number of H-pyrrole nitrogens is 1. The van der Waals surface area contributed by atoms with Crippen LogP contribution in [0.5, 0.6) is 0 Å². The molecule has 1 aliphatic heterocycles.